The van der Waals surface area contributed by atoms with Crippen molar-refractivity contribution in [3.05, 3.63) is 84.4 Å². The average Bonchev–Trinajstić information content (AvgIpc) is 3.52. The summed E-state index contributed by atoms with van der Waals surface area (Å²) in [7, 11) is 0. The van der Waals surface area contributed by atoms with Crippen LogP contribution in [0.4, 0.5) is 0 Å². The molecule has 1 aliphatic rings. The standard InChI is InChI=1S/C26H29N5O2/c32-26(21-7-9-22(10-8-21)30-13-3-4-14-30)27-12-11-25-28-23-5-1-2-6-24(23)31(25)16-15-29-17-19-33-20-18-29/h1-10,13-14H,11-12,15-20H2,(H,27,32). The molecule has 3 heterocycles. The summed E-state index contributed by atoms with van der Waals surface area (Å²) in [4.78, 5) is 19.9. The Morgan fingerprint density at radius 1 is 0.939 bits per heavy atom. The smallest absolute Gasteiger partial charge is 0.251 e. The summed E-state index contributed by atoms with van der Waals surface area (Å²) >= 11 is 0. The molecule has 0 aliphatic carbocycles. The van der Waals surface area contributed by atoms with E-state index in [9.17, 15) is 4.79 Å². The van der Waals surface area contributed by atoms with Gasteiger partial charge in [0, 0.05) is 62.8 Å². The van der Waals surface area contributed by atoms with Gasteiger partial charge in [-0.15, -0.1) is 0 Å². The van der Waals surface area contributed by atoms with Gasteiger partial charge in [-0.25, -0.2) is 4.98 Å². The molecule has 0 bridgehead atoms. The SMILES string of the molecule is O=C(NCCc1nc2ccccc2n1CCN1CCOCC1)c1ccc(-n2cccc2)cc1. The average molecular weight is 444 g/mol. The van der Waals surface area contributed by atoms with Gasteiger partial charge < -0.3 is 19.2 Å². The van der Waals surface area contributed by atoms with Crippen LogP contribution >= 0.6 is 0 Å². The fraction of sp³-hybridized carbons (Fsp3) is 0.308. The molecule has 4 aromatic rings. The van der Waals surface area contributed by atoms with Gasteiger partial charge >= 0.3 is 0 Å². The van der Waals surface area contributed by atoms with E-state index in [2.05, 4.69) is 33.0 Å². The van der Waals surface area contributed by atoms with Crippen LogP contribution in [0.1, 0.15) is 16.2 Å². The molecule has 1 fully saturated rings. The number of hydrogen-bond donors (Lipinski definition) is 1. The number of carbonyl (C=O) groups is 1. The minimum Gasteiger partial charge on any atom is -0.379 e. The Balaban J connectivity index is 1.22. The molecule has 1 N–H and O–H groups in total. The van der Waals surface area contributed by atoms with Gasteiger partial charge in [-0.2, -0.15) is 0 Å². The zero-order chi connectivity index (χ0) is 22.5. The number of hydrogen-bond acceptors (Lipinski definition) is 4. The molecule has 1 saturated heterocycles. The summed E-state index contributed by atoms with van der Waals surface area (Å²) in [6.07, 6.45) is 4.66. The first kappa shape index (κ1) is 21.4. The van der Waals surface area contributed by atoms with Gasteiger partial charge in [0.2, 0.25) is 0 Å². The summed E-state index contributed by atoms with van der Waals surface area (Å²) in [6.45, 7) is 5.94. The van der Waals surface area contributed by atoms with E-state index in [-0.39, 0.29) is 5.91 Å². The molecule has 33 heavy (non-hydrogen) atoms. The number of nitrogens with zero attached hydrogens (tertiary/aromatic N) is 4. The van der Waals surface area contributed by atoms with Crippen LogP contribution in [0.15, 0.2) is 73.1 Å². The molecule has 5 rings (SSSR count). The second-order valence-corrected chi connectivity index (χ2v) is 8.27. The topological polar surface area (TPSA) is 64.3 Å². The van der Waals surface area contributed by atoms with E-state index in [0.717, 1.165) is 61.9 Å². The van der Waals surface area contributed by atoms with Crippen molar-refractivity contribution in [2.24, 2.45) is 0 Å². The van der Waals surface area contributed by atoms with Gasteiger partial charge in [0.25, 0.3) is 5.91 Å². The third kappa shape index (κ3) is 4.99. The van der Waals surface area contributed by atoms with Gasteiger partial charge in [-0.1, -0.05) is 12.1 Å². The number of para-hydroxylation sites is 2. The van der Waals surface area contributed by atoms with Gasteiger partial charge in [-0.05, 0) is 48.5 Å². The summed E-state index contributed by atoms with van der Waals surface area (Å²) < 4.78 is 9.78. The van der Waals surface area contributed by atoms with Crippen LogP contribution in [0.25, 0.3) is 16.7 Å². The number of rotatable bonds is 8. The minimum absolute atomic E-state index is 0.0648. The highest BCUT2D eigenvalue weighted by Gasteiger charge is 2.14. The summed E-state index contributed by atoms with van der Waals surface area (Å²) in [6, 6.07) is 19.8. The molecule has 2 aromatic heterocycles. The van der Waals surface area contributed by atoms with E-state index in [1.54, 1.807) is 0 Å². The van der Waals surface area contributed by atoms with Crippen molar-refractivity contribution in [3.63, 3.8) is 0 Å². The molecule has 170 valence electrons. The van der Waals surface area contributed by atoms with E-state index >= 15 is 0 Å². The predicted octanol–water partition coefficient (Wildman–Crippen LogP) is 3.13. The van der Waals surface area contributed by atoms with Crippen molar-refractivity contribution in [2.45, 2.75) is 13.0 Å². The van der Waals surface area contributed by atoms with Gasteiger partial charge in [0.1, 0.15) is 5.82 Å². The summed E-state index contributed by atoms with van der Waals surface area (Å²) in [5.41, 5.74) is 3.84. The van der Waals surface area contributed by atoms with Gasteiger partial charge in [0.05, 0.1) is 24.2 Å². The Morgan fingerprint density at radius 3 is 2.48 bits per heavy atom. The number of fused-ring (bicyclic) bond motifs is 1. The highest BCUT2D eigenvalue weighted by molar-refractivity contribution is 5.94. The van der Waals surface area contributed by atoms with Crippen LogP contribution in [-0.2, 0) is 17.7 Å². The van der Waals surface area contributed by atoms with E-state index in [0.29, 0.717) is 18.5 Å². The molecule has 7 heteroatoms. The molecule has 0 spiro atoms. The van der Waals surface area contributed by atoms with Gasteiger partial charge in [-0.3, -0.25) is 9.69 Å². The van der Waals surface area contributed by atoms with E-state index in [1.807, 2.05) is 59.4 Å². The molecular weight excluding hydrogens is 414 g/mol. The number of benzene rings is 2. The number of carbonyl (C=O) groups excluding carboxylic acids is 1. The lowest BCUT2D eigenvalue weighted by Crippen LogP contribution is -2.38. The number of amides is 1. The van der Waals surface area contributed by atoms with E-state index in [1.165, 1.54) is 0 Å². The Bertz CT molecular complexity index is 1190. The van der Waals surface area contributed by atoms with Crippen LogP contribution in [0, 0.1) is 0 Å². The van der Waals surface area contributed by atoms with Crippen molar-refractivity contribution >= 4 is 16.9 Å². The fourth-order valence-electron chi connectivity index (χ4n) is 4.31. The number of morpholine rings is 1. The second kappa shape index (κ2) is 10.0. The van der Waals surface area contributed by atoms with Crippen LogP contribution in [0.5, 0.6) is 0 Å². The van der Waals surface area contributed by atoms with Crippen molar-refractivity contribution in [3.8, 4) is 5.69 Å². The lowest BCUT2D eigenvalue weighted by Gasteiger charge is -2.27. The maximum atomic E-state index is 12.7. The van der Waals surface area contributed by atoms with Crippen molar-refractivity contribution in [1.29, 1.82) is 0 Å². The number of ether oxygens (including phenoxy) is 1. The van der Waals surface area contributed by atoms with Crippen LogP contribution in [-0.4, -0.2) is 64.3 Å². The molecule has 1 amide bonds. The van der Waals surface area contributed by atoms with Crippen molar-refractivity contribution < 1.29 is 9.53 Å². The Morgan fingerprint density at radius 2 is 1.70 bits per heavy atom. The van der Waals surface area contributed by atoms with Crippen LogP contribution < -0.4 is 5.32 Å². The number of imidazole rings is 1. The summed E-state index contributed by atoms with van der Waals surface area (Å²) in [5.74, 6) is 0.942. The molecule has 0 atom stereocenters. The van der Waals surface area contributed by atoms with Crippen molar-refractivity contribution in [2.75, 3.05) is 39.4 Å². The van der Waals surface area contributed by atoms with E-state index < -0.39 is 0 Å². The van der Waals surface area contributed by atoms with Crippen molar-refractivity contribution in [1.82, 2.24) is 24.3 Å². The van der Waals surface area contributed by atoms with Gasteiger partial charge in [0.15, 0.2) is 0 Å². The first-order valence-corrected chi connectivity index (χ1v) is 11.5. The third-order valence-corrected chi connectivity index (χ3v) is 6.14. The first-order valence-electron chi connectivity index (χ1n) is 11.5. The highest BCUT2D eigenvalue weighted by Crippen LogP contribution is 2.17. The molecule has 0 radical (unpaired) electrons. The zero-order valence-electron chi connectivity index (χ0n) is 18.7. The lowest BCUT2D eigenvalue weighted by atomic mass is 10.2. The monoisotopic (exact) mass is 443 g/mol. The molecule has 2 aromatic carbocycles. The first-order chi connectivity index (χ1) is 16.3. The molecular formula is C26H29N5O2. The highest BCUT2D eigenvalue weighted by atomic mass is 16.5. The fourth-order valence-corrected chi connectivity index (χ4v) is 4.31. The normalized spacial score (nSPS) is 14.5. The largest absolute Gasteiger partial charge is 0.379 e. The molecule has 0 saturated carbocycles. The lowest BCUT2D eigenvalue weighted by molar-refractivity contribution is 0.0364. The zero-order valence-corrected chi connectivity index (χ0v) is 18.7. The summed E-state index contributed by atoms with van der Waals surface area (Å²) in [5, 5.41) is 3.05. The Hall–Kier alpha value is -3.42. The number of aromatic nitrogens is 3. The number of nitrogens with one attached hydrogen (secondary N) is 1. The Kier molecular flexibility index (Phi) is 6.51. The second-order valence-electron chi connectivity index (χ2n) is 8.27. The van der Waals surface area contributed by atoms with E-state index in [4.69, 9.17) is 9.72 Å². The molecule has 7 nitrogen and oxygen atoms in total. The molecule has 0 unspecified atom stereocenters. The maximum absolute atomic E-state index is 12.7. The quantitative estimate of drug-likeness (QED) is 0.455. The molecule has 1 aliphatic heterocycles. The minimum atomic E-state index is -0.0648. The third-order valence-electron chi connectivity index (χ3n) is 6.14. The maximum Gasteiger partial charge on any atom is 0.251 e. The predicted molar refractivity (Wildman–Crippen MR) is 129 cm³/mol. The van der Waals surface area contributed by atoms with Crippen LogP contribution in [0.2, 0.25) is 0 Å². The van der Waals surface area contributed by atoms with Crippen LogP contribution in [0.3, 0.4) is 0 Å². The Labute approximate surface area is 193 Å².